The Morgan fingerprint density at radius 2 is 1.79 bits per heavy atom. The van der Waals surface area contributed by atoms with Crippen LogP contribution in [-0.4, -0.2) is 73.4 Å². The second kappa shape index (κ2) is 10.6. The summed E-state index contributed by atoms with van der Waals surface area (Å²) in [6, 6.07) is 12.4. The number of pyridine rings is 1. The lowest BCUT2D eigenvalue weighted by molar-refractivity contribution is 0.0322. The SMILES string of the molecule is c1cc(CN2CCC(Oc3cccnc3)CC2)cc(OCCN2CCOCC2)c1. The zero-order valence-electron chi connectivity index (χ0n) is 17.0. The van der Waals surface area contributed by atoms with E-state index in [9.17, 15) is 0 Å². The molecule has 4 rings (SSSR count). The second-order valence-electron chi connectivity index (χ2n) is 7.73. The normalized spacial score (nSPS) is 19.2. The maximum Gasteiger partial charge on any atom is 0.137 e. The molecule has 0 spiro atoms. The number of likely N-dealkylation sites (tertiary alicyclic amines) is 1. The molecule has 0 N–H and O–H groups in total. The maximum absolute atomic E-state index is 6.05. The van der Waals surface area contributed by atoms with Gasteiger partial charge in [-0.25, -0.2) is 0 Å². The van der Waals surface area contributed by atoms with Crippen LogP contribution in [0.1, 0.15) is 18.4 Å². The highest BCUT2D eigenvalue weighted by Crippen LogP contribution is 2.21. The number of rotatable bonds is 8. The molecule has 156 valence electrons. The molecule has 6 heteroatoms. The first-order valence-electron chi connectivity index (χ1n) is 10.7. The van der Waals surface area contributed by atoms with Gasteiger partial charge in [-0.05, 0) is 42.7 Å². The van der Waals surface area contributed by atoms with Crippen LogP contribution in [0.5, 0.6) is 11.5 Å². The molecule has 1 aromatic carbocycles. The van der Waals surface area contributed by atoms with E-state index in [0.717, 1.165) is 83.4 Å². The van der Waals surface area contributed by atoms with E-state index >= 15 is 0 Å². The minimum atomic E-state index is 0.283. The Labute approximate surface area is 173 Å². The Hall–Kier alpha value is -2.15. The van der Waals surface area contributed by atoms with Crippen LogP contribution in [0.4, 0.5) is 0 Å². The Morgan fingerprint density at radius 1 is 0.966 bits per heavy atom. The molecule has 1 aromatic heterocycles. The number of aromatic nitrogens is 1. The quantitative estimate of drug-likeness (QED) is 0.683. The molecular weight excluding hydrogens is 366 g/mol. The van der Waals surface area contributed by atoms with Crippen LogP contribution in [-0.2, 0) is 11.3 Å². The van der Waals surface area contributed by atoms with Gasteiger partial charge in [-0.1, -0.05) is 12.1 Å². The van der Waals surface area contributed by atoms with Crippen LogP contribution in [0.25, 0.3) is 0 Å². The molecule has 0 aliphatic carbocycles. The third kappa shape index (κ3) is 6.42. The highest BCUT2D eigenvalue weighted by atomic mass is 16.5. The third-order valence-electron chi connectivity index (χ3n) is 5.56. The third-order valence-corrected chi connectivity index (χ3v) is 5.56. The number of hydrogen-bond donors (Lipinski definition) is 0. The topological polar surface area (TPSA) is 47.1 Å². The van der Waals surface area contributed by atoms with Crippen LogP contribution in [0, 0.1) is 0 Å². The van der Waals surface area contributed by atoms with E-state index in [2.05, 4.69) is 39.0 Å². The first-order valence-corrected chi connectivity index (χ1v) is 10.7. The number of benzene rings is 1. The molecule has 0 saturated carbocycles. The molecular formula is C23H31N3O3. The Balaban J connectivity index is 1.19. The van der Waals surface area contributed by atoms with Crippen LogP contribution in [0.2, 0.25) is 0 Å². The average molecular weight is 398 g/mol. The summed E-state index contributed by atoms with van der Waals surface area (Å²) in [6.45, 7) is 8.41. The van der Waals surface area contributed by atoms with Gasteiger partial charge in [-0.2, -0.15) is 0 Å². The molecule has 2 fully saturated rings. The van der Waals surface area contributed by atoms with Crippen molar-refractivity contribution in [3.63, 3.8) is 0 Å². The van der Waals surface area contributed by atoms with Crippen LogP contribution < -0.4 is 9.47 Å². The Bertz CT molecular complexity index is 729. The molecule has 2 saturated heterocycles. The van der Waals surface area contributed by atoms with Gasteiger partial charge in [-0.3, -0.25) is 14.8 Å². The molecule has 3 heterocycles. The number of hydrogen-bond acceptors (Lipinski definition) is 6. The highest BCUT2D eigenvalue weighted by Gasteiger charge is 2.20. The predicted molar refractivity (Wildman–Crippen MR) is 112 cm³/mol. The number of nitrogens with zero attached hydrogens (tertiary/aromatic N) is 3. The minimum Gasteiger partial charge on any atom is -0.492 e. The molecule has 0 unspecified atom stereocenters. The van der Waals surface area contributed by atoms with Crippen LogP contribution in [0.15, 0.2) is 48.8 Å². The summed E-state index contributed by atoms with van der Waals surface area (Å²) in [6.07, 6.45) is 5.94. The van der Waals surface area contributed by atoms with Gasteiger partial charge in [0.15, 0.2) is 0 Å². The average Bonchev–Trinajstić information content (AvgIpc) is 2.77. The van der Waals surface area contributed by atoms with E-state index < -0.39 is 0 Å². The highest BCUT2D eigenvalue weighted by molar-refractivity contribution is 5.28. The van der Waals surface area contributed by atoms with Crippen molar-refractivity contribution in [2.45, 2.75) is 25.5 Å². The maximum atomic E-state index is 6.05. The van der Waals surface area contributed by atoms with E-state index in [1.54, 1.807) is 12.4 Å². The zero-order valence-corrected chi connectivity index (χ0v) is 17.0. The van der Waals surface area contributed by atoms with Gasteiger partial charge in [0.05, 0.1) is 19.4 Å². The van der Waals surface area contributed by atoms with Gasteiger partial charge in [0, 0.05) is 45.5 Å². The van der Waals surface area contributed by atoms with E-state index in [-0.39, 0.29) is 6.10 Å². The van der Waals surface area contributed by atoms with Crippen molar-refractivity contribution in [3.05, 3.63) is 54.4 Å². The van der Waals surface area contributed by atoms with Crippen molar-refractivity contribution in [2.24, 2.45) is 0 Å². The predicted octanol–water partition coefficient (Wildman–Crippen LogP) is 2.84. The van der Waals surface area contributed by atoms with E-state index in [1.165, 1.54) is 5.56 Å². The van der Waals surface area contributed by atoms with E-state index in [0.29, 0.717) is 0 Å². The molecule has 2 aromatic rings. The van der Waals surface area contributed by atoms with Crippen LogP contribution >= 0.6 is 0 Å². The van der Waals surface area contributed by atoms with Gasteiger partial charge in [0.25, 0.3) is 0 Å². The molecule has 0 radical (unpaired) electrons. The first kappa shape index (κ1) is 20.1. The summed E-state index contributed by atoms with van der Waals surface area (Å²) in [4.78, 5) is 9.01. The fraction of sp³-hybridized carbons (Fsp3) is 0.522. The van der Waals surface area contributed by atoms with Crippen LogP contribution in [0.3, 0.4) is 0 Å². The van der Waals surface area contributed by atoms with Gasteiger partial charge in [0.1, 0.15) is 24.2 Å². The number of morpholine rings is 1. The summed E-state index contributed by atoms with van der Waals surface area (Å²) in [5, 5.41) is 0. The van der Waals surface area contributed by atoms with Gasteiger partial charge >= 0.3 is 0 Å². The van der Waals surface area contributed by atoms with Crippen molar-refractivity contribution < 1.29 is 14.2 Å². The lowest BCUT2D eigenvalue weighted by Crippen LogP contribution is -2.38. The summed E-state index contributed by atoms with van der Waals surface area (Å²) in [5.74, 6) is 1.83. The van der Waals surface area contributed by atoms with Crippen molar-refractivity contribution in [1.29, 1.82) is 0 Å². The summed E-state index contributed by atoms with van der Waals surface area (Å²) >= 11 is 0. The lowest BCUT2D eigenvalue weighted by atomic mass is 10.1. The summed E-state index contributed by atoms with van der Waals surface area (Å²) < 4.78 is 17.4. The largest absolute Gasteiger partial charge is 0.492 e. The standard InChI is InChI=1S/C23H31N3O3/c1-3-20(17-22(4-1)28-16-13-25-11-14-27-15-12-25)19-26-9-6-21(7-10-26)29-23-5-2-8-24-18-23/h1-5,8,17-18,21H,6-7,9-16,19H2. The van der Waals surface area contributed by atoms with Gasteiger partial charge < -0.3 is 14.2 Å². The smallest absolute Gasteiger partial charge is 0.137 e. The van der Waals surface area contributed by atoms with Crippen molar-refractivity contribution >= 4 is 0 Å². The molecule has 6 nitrogen and oxygen atoms in total. The Morgan fingerprint density at radius 3 is 2.59 bits per heavy atom. The molecule has 0 bridgehead atoms. The fourth-order valence-corrected chi connectivity index (χ4v) is 3.90. The van der Waals surface area contributed by atoms with Crippen molar-refractivity contribution in [3.8, 4) is 11.5 Å². The molecule has 29 heavy (non-hydrogen) atoms. The first-order chi connectivity index (χ1) is 14.3. The molecule has 2 aliphatic heterocycles. The summed E-state index contributed by atoms with van der Waals surface area (Å²) in [7, 11) is 0. The Kier molecular flexibility index (Phi) is 7.34. The number of ether oxygens (including phenoxy) is 3. The number of piperidine rings is 1. The second-order valence-corrected chi connectivity index (χ2v) is 7.73. The van der Waals surface area contributed by atoms with E-state index in [1.807, 2.05) is 12.1 Å². The monoisotopic (exact) mass is 397 g/mol. The molecule has 0 atom stereocenters. The summed E-state index contributed by atoms with van der Waals surface area (Å²) in [5.41, 5.74) is 1.31. The van der Waals surface area contributed by atoms with E-state index in [4.69, 9.17) is 14.2 Å². The van der Waals surface area contributed by atoms with Crippen molar-refractivity contribution in [1.82, 2.24) is 14.8 Å². The minimum absolute atomic E-state index is 0.283. The lowest BCUT2D eigenvalue weighted by Gasteiger charge is -2.32. The van der Waals surface area contributed by atoms with Gasteiger partial charge in [0.2, 0.25) is 0 Å². The zero-order chi connectivity index (χ0) is 19.7. The van der Waals surface area contributed by atoms with Gasteiger partial charge in [-0.15, -0.1) is 0 Å². The van der Waals surface area contributed by atoms with Crippen molar-refractivity contribution in [2.75, 3.05) is 52.5 Å². The molecule has 2 aliphatic rings. The molecule has 0 amide bonds. The fourth-order valence-electron chi connectivity index (χ4n) is 3.90.